The molecule has 4 nitrogen and oxygen atoms in total. The Kier molecular flexibility index (Phi) is 2.41. The molecular formula is C12H14O4. The number of carbonyl (C=O) groups is 2. The summed E-state index contributed by atoms with van der Waals surface area (Å²) in [5.41, 5.74) is 0.800. The Morgan fingerprint density at radius 3 is 3.00 bits per heavy atom. The van der Waals surface area contributed by atoms with Crippen molar-refractivity contribution in [1.29, 1.82) is 0 Å². The van der Waals surface area contributed by atoms with Crippen LogP contribution in [0.4, 0.5) is 0 Å². The second-order valence-corrected chi connectivity index (χ2v) is 4.59. The molecule has 2 bridgehead atoms. The molecule has 3 rings (SSSR count). The Morgan fingerprint density at radius 2 is 2.19 bits per heavy atom. The van der Waals surface area contributed by atoms with E-state index in [0.717, 1.165) is 18.4 Å². The number of hydrogen-bond donors (Lipinski definition) is 0. The van der Waals surface area contributed by atoms with Crippen LogP contribution < -0.4 is 0 Å². The third-order valence-electron chi connectivity index (χ3n) is 3.54. The van der Waals surface area contributed by atoms with Gasteiger partial charge in [0, 0.05) is 18.8 Å². The maximum atomic E-state index is 11.8. The van der Waals surface area contributed by atoms with Crippen LogP contribution >= 0.6 is 0 Å². The zero-order valence-electron chi connectivity index (χ0n) is 8.98. The van der Waals surface area contributed by atoms with Crippen LogP contribution in [0, 0.1) is 5.92 Å². The van der Waals surface area contributed by atoms with Crippen molar-refractivity contribution in [2.75, 3.05) is 6.61 Å². The molecule has 2 heterocycles. The van der Waals surface area contributed by atoms with Gasteiger partial charge in [0.05, 0.1) is 12.7 Å². The van der Waals surface area contributed by atoms with Gasteiger partial charge in [0.2, 0.25) is 6.29 Å². The van der Waals surface area contributed by atoms with Crippen molar-refractivity contribution in [3.63, 3.8) is 0 Å². The van der Waals surface area contributed by atoms with Crippen LogP contribution in [0.15, 0.2) is 11.6 Å². The summed E-state index contributed by atoms with van der Waals surface area (Å²) in [6, 6.07) is 0. The predicted octanol–water partition coefficient (Wildman–Crippen LogP) is 0.996. The summed E-state index contributed by atoms with van der Waals surface area (Å²) in [5.74, 6) is 0.0788. The summed E-state index contributed by atoms with van der Waals surface area (Å²) in [5, 5.41) is 0. The van der Waals surface area contributed by atoms with E-state index in [9.17, 15) is 9.59 Å². The Hall–Kier alpha value is -1.00. The molecule has 1 aliphatic carbocycles. The molecule has 0 aromatic heterocycles. The lowest BCUT2D eigenvalue weighted by atomic mass is 9.81. The second kappa shape index (κ2) is 3.79. The van der Waals surface area contributed by atoms with Crippen LogP contribution in [0.3, 0.4) is 0 Å². The Bertz CT molecular complexity index is 371. The first-order valence-corrected chi connectivity index (χ1v) is 5.79. The lowest BCUT2D eigenvalue weighted by Gasteiger charge is -2.29. The lowest BCUT2D eigenvalue weighted by molar-refractivity contribution is -0.155. The van der Waals surface area contributed by atoms with Crippen molar-refractivity contribution < 1.29 is 19.1 Å². The number of Topliss-reactive ketones (excluding diaryl/α,β-unsaturated/α-hetero) is 2. The molecule has 2 saturated heterocycles. The number of hydrogen-bond acceptors (Lipinski definition) is 4. The highest BCUT2D eigenvalue weighted by atomic mass is 16.7. The largest absolute Gasteiger partial charge is 0.343 e. The van der Waals surface area contributed by atoms with Crippen LogP contribution in [0.25, 0.3) is 0 Å². The zero-order chi connectivity index (χ0) is 11.1. The van der Waals surface area contributed by atoms with Gasteiger partial charge in [-0.25, -0.2) is 0 Å². The molecule has 0 radical (unpaired) electrons. The predicted molar refractivity (Wildman–Crippen MR) is 54.7 cm³/mol. The van der Waals surface area contributed by atoms with Gasteiger partial charge in [-0.1, -0.05) is 6.08 Å². The molecule has 3 aliphatic rings. The Balaban J connectivity index is 1.86. The minimum atomic E-state index is -0.666. The molecule has 0 N–H and O–H groups in total. The summed E-state index contributed by atoms with van der Waals surface area (Å²) in [7, 11) is 0. The minimum absolute atomic E-state index is 0.0296. The molecule has 3 atom stereocenters. The van der Waals surface area contributed by atoms with Crippen LogP contribution in [0.1, 0.15) is 25.7 Å². The monoisotopic (exact) mass is 222 g/mol. The molecule has 2 fully saturated rings. The smallest absolute Gasteiger partial charge is 0.218 e. The van der Waals surface area contributed by atoms with E-state index in [0.29, 0.717) is 19.4 Å². The number of carbonyl (C=O) groups excluding carboxylic acids is 2. The summed E-state index contributed by atoms with van der Waals surface area (Å²) < 4.78 is 10.7. The van der Waals surface area contributed by atoms with Gasteiger partial charge in [-0.2, -0.15) is 0 Å². The van der Waals surface area contributed by atoms with Crippen LogP contribution in [-0.4, -0.2) is 30.6 Å². The average Bonchev–Trinajstić information content (AvgIpc) is 2.70. The topological polar surface area (TPSA) is 52.6 Å². The highest BCUT2D eigenvalue weighted by molar-refractivity contribution is 5.98. The van der Waals surface area contributed by atoms with E-state index in [4.69, 9.17) is 9.47 Å². The summed E-state index contributed by atoms with van der Waals surface area (Å²) in [4.78, 5) is 23.4. The highest BCUT2D eigenvalue weighted by Gasteiger charge is 2.45. The maximum Gasteiger partial charge on any atom is 0.218 e. The maximum absolute atomic E-state index is 11.8. The number of fused-ring (bicyclic) bond motifs is 2. The van der Waals surface area contributed by atoms with Crippen molar-refractivity contribution in [2.24, 2.45) is 5.92 Å². The van der Waals surface area contributed by atoms with Crippen molar-refractivity contribution >= 4 is 11.6 Å². The highest BCUT2D eigenvalue weighted by Crippen LogP contribution is 2.36. The van der Waals surface area contributed by atoms with Gasteiger partial charge < -0.3 is 9.47 Å². The molecule has 0 unspecified atom stereocenters. The van der Waals surface area contributed by atoms with E-state index in [1.165, 1.54) is 0 Å². The van der Waals surface area contributed by atoms with E-state index in [-0.39, 0.29) is 23.6 Å². The van der Waals surface area contributed by atoms with Crippen molar-refractivity contribution in [2.45, 2.75) is 38.1 Å². The van der Waals surface area contributed by atoms with Crippen molar-refractivity contribution in [3.8, 4) is 0 Å². The Morgan fingerprint density at radius 1 is 1.31 bits per heavy atom. The molecule has 0 amide bonds. The molecule has 0 spiro atoms. The van der Waals surface area contributed by atoms with Gasteiger partial charge >= 0.3 is 0 Å². The fourth-order valence-corrected chi connectivity index (χ4v) is 2.69. The van der Waals surface area contributed by atoms with Gasteiger partial charge in [-0.15, -0.1) is 0 Å². The third-order valence-corrected chi connectivity index (χ3v) is 3.54. The van der Waals surface area contributed by atoms with Crippen molar-refractivity contribution in [1.82, 2.24) is 0 Å². The Labute approximate surface area is 93.6 Å². The molecule has 2 aliphatic heterocycles. The third kappa shape index (κ3) is 1.53. The molecule has 0 aromatic carbocycles. The number of rotatable bonds is 1. The molecular weight excluding hydrogens is 208 g/mol. The van der Waals surface area contributed by atoms with Crippen LogP contribution in [0.2, 0.25) is 0 Å². The molecule has 16 heavy (non-hydrogen) atoms. The lowest BCUT2D eigenvalue weighted by Crippen LogP contribution is -2.38. The van der Waals surface area contributed by atoms with Gasteiger partial charge in [0.25, 0.3) is 0 Å². The molecule has 4 heteroatoms. The van der Waals surface area contributed by atoms with E-state index in [1.807, 2.05) is 6.08 Å². The van der Waals surface area contributed by atoms with E-state index >= 15 is 0 Å². The van der Waals surface area contributed by atoms with Crippen LogP contribution in [-0.2, 0) is 19.1 Å². The fraction of sp³-hybridized carbons (Fsp3) is 0.667. The summed E-state index contributed by atoms with van der Waals surface area (Å²) in [6.07, 6.45) is 4.07. The first-order chi connectivity index (χ1) is 7.75. The standard InChI is InChI=1S/C12H14O4/c13-9-4-2-1-3-7(9)8-5-10(14)12-15-6-11(8)16-12/h3,8,11-12H,1-2,4-6H2/t8-,11-,12-/m1/s1. The van der Waals surface area contributed by atoms with E-state index < -0.39 is 6.29 Å². The van der Waals surface area contributed by atoms with E-state index in [1.54, 1.807) is 0 Å². The van der Waals surface area contributed by atoms with Gasteiger partial charge in [0.1, 0.15) is 0 Å². The van der Waals surface area contributed by atoms with E-state index in [2.05, 4.69) is 0 Å². The fourth-order valence-electron chi connectivity index (χ4n) is 2.69. The molecule has 86 valence electrons. The summed E-state index contributed by atoms with van der Waals surface area (Å²) >= 11 is 0. The average molecular weight is 222 g/mol. The number of allylic oxidation sites excluding steroid dienone is 1. The number of ether oxygens (including phenoxy) is 2. The zero-order valence-corrected chi connectivity index (χ0v) is 8.98. The van der Waals surface area contributed by atoms with Gasteiger partial charge in [0.15, 0.2) is 11.6 Å². The first-order valence-electron chi connectivity index (χ1n) is 5.79. The first kappa shape index (κ1) is 10.2. The normalized spacial score (nSPS) is 38.8. The SMILES string of the molecule is O=C1CCCC=C1[C@H]1CC(=O)[C@@H]2OC[C@H]1O2. The quantitative estimate of drug-likeness (QED) is 0.664. The second-order valence-electron chi connectivity index (χ2n) is 4.59. The molecule has 0 aromatic rings. The number of ketones is 2. The van der Waals surface area contributed by atoms with Crippen LogP contribution in [0.5, 0.6) is 0 Å². The molecule has 0 saturated carbocycles. The van der Waals surface area contributed by atoms with Crippen molar-refractivity contribution in [3.05, 3.63) is 11.6 Å². The van der Waals surface area contributed by atoms with Gasteiger partial charge in [-0.3, -0.25) is 9.59 Å². The minimum Gasteiger partial charge on any atom is -0.343 e. The summed E-state index contributed by atoms with van der Waals surface area (Å²) in [6.45, 7) is 0.436. The van der Waals surface area contributed by atoms with Gasteiger partial charge in [-0.05, 0) is 18.4 Å².